The van der Waals surface area contributed by atoms with Crippen LogP contribution in [0.1, 0.15) is 12.5 Å². The number of hydrogen-bond acceptors (Lipinski definition) is 6. The third kappa shape index (κ3) is 3.03. The standard InChI is InChI=1S/C24H23N5O3/c1-16-15-28-20-21(25-23(28)29(16)18-12-6-7-13-19(18)30)26(2)24(32)27(22(20)31)14-8-11-17-9-4-3-5-10-17/h3-13,15,20-21,30H,14H2,1-2H3/b11-8+. The summed E-state index contributed by atoms with van der Waals surface area (Å²) < 4.78 is 0. The largest absolute Gasteiger partial charge is 0.506 e. The Kier molecular flexibility index (Phi) is 4.70. The predicted octanol–water partition coefficient (Wildman–Crippen LogP) is 3.05. The molecule has 0 bridgehead atoms. The van der Waals surface area contributed by atoms with Crippen LogP contribution in [-0.4, -0.2) is 63.5 Å². The summed E-state index contributed by atoms with van der Waals surface area (Å²) in [6.07, 6.45) is 4.92. The van der Waals surface area contributed by atoms with E-state index in [1.54, 1.807) is 35.0 Å². The number of fused-ring (bicyclic) bond motifs is 3. The first-order valence-corrected chi connectivity index (χ1v) is 10.4. The van der Waals surface area contributed by atoms with Crippen LogP contribution < -0.4 is 4.90 Å². The van der Waals surface area contributed by atoms with Gasteiger partial charge in [-0.15, -0.1) is 0 Å². The Labute approximate surface area is 186 Å². The summed E-state index contributed by atoms with van der Waals surface area (Å²) in [7, 11) is 1.66. The van der Waals surface area contributed by atoms with Gasteiger partial charge in [-0.05, 0) is 24.6 Å². The van der Waals surface area contributed by atoms with E-state index >= 15 is 0 Å². The Hall–Kier alpha value is -4.07. The van der Waals surface area contributed by atoms with Gasteiger partial charge in [0.25, 0.3) is 5.91 Å². The second kappa shape index (κ2) is 7.56. The van der Waals surface area contributed by atoms with Crippen molar-refractivity contribution in [2.75, 3.05) is 18.5 Å². The average Bonchev–Trinajstić information content (AvgIpc) is 3.30. The summed E-state index contributed by atoms with van der Waals surface area (Å²) in [5.41, 5.74) is 2.40. The van der Waals surface area contributed by atoms with E-state index in [0.717, 1.165) is 11.3 Å². The first-order chi connectivity index (χ1) is 15.5. The van der Waals surface area contributed by atoms with Gasteiger partial charge >= 0.3 is 6.03 Å². The van der Waals surface area contributed by atoms with E-state index in [1.807, 2.05) is 61.7 Å². The van der Waals surface area contributed by atoms with Crippen LogP contribution in [0.5, 0.6) is 5.75 Å². The number of rotatable bonds is 4. The molecule has 5 rings (SSSR count). The van der Waals surface area contributed by atoms with Crippen molar-refractivity contribution in [2.45, 2.75) is 19.1 Å². The molecule has 162 valence electrons. The average molecular weight is 429 g/mol. The molecule has 1 N–H and O–H groups in total. The van der Waals surface area contributed by atoms with Gasteiger partial charge in [-0.1, -0.05) is 54.6 Å². The Morgan fingerprint density at radius 1 is 1.06 bits per heavy atom. The molecule has 3 aliphatic heterocycles. The zero-order chi connectivity index (χ0) is 22.4. The molecule has 0 saturated carbocycles. The molecule has 3 amide bonds. The lowest BCUT2D eigenvalue weighted by molar-refractivity contribution is -0.136. The third-order valence-corrected chi connectivity index (χ3v) is 5.91. The molecule has 0 spiro atoms. The molecule has 2 aromatic carbocycles. The number of amides is 3. The molecule has 0 aromatic heterocycles. The highest BCUT2D eigenvalue weighted by Gasteiger charge is 2.54. The van der Waals surface area contributed by atoms with E-state index in [-0.39, 0.29) is 24.2 Å². The number of para-hydroxylation sites is 2. The van der Waals surface area contributed by atoms with Crippen LogP contribution in [-0.2, 0) is 4.79 Å². The summed E-state index contributed by atoms with van der Waals surface area (Å²) in [6.45, 7) is 2.07. The second-order valence-electron chi connectivity index (χ2n) is 7.94. The summed E-state index contributed by atoms with van der Waals surface area (Å²) >= 11 is 0. The number of anilines is 1. The Balaban J connectivity index is 1.42. The predicted molar refractivity (Wildman–Crippen MR) is 122 cm³/mol. The van der Waals surface area contributed by atoms with Gasteiger partial charge in [-0.3, -0.25) is 14.6 Å². The molecule has 0 aliphatic carbocycles. The van der Waals surface area contributed by atoms with E-state index in [2.05, 4.69) is 0 Å². The summed E-state index contributed by atoms with van der Waals surface area (Å²) in [5, 5.41) is 10.4. The topological polar surface area (TPSA) is 79.7 Å². The van der Waals surface area contributed by atoms with Crippen LogP contribution in [0, 0.1) is 0 Å². The number of aliphatic imine (C=N–C) groups is 1. The summed E-state index contributed by atoms with van der Waals surface area (Å²) in [6, 6.07) is 15.7. The van der Waals surface area contributed by atoms with Crippen LogP contribution >= 0.6 is 0 Å². The maximum Gasteiger partial charge on any atom is 0.328 e. The lowest BCUT2D eigenvalue weighted by atomic mass is 10.1. The third-order valence-electron chi connectivity index (χ3n) is 5.91. The smallest absolute Gasteiger partial charge is 0.328 e. The molecule has 1 fully saturated rings. The molecule has 2 atom stereocenters. The van der Waals surface area contributed by atoms with Gasteiger partial charge in [0, 0.05) is 25.5 Å². The first-order valence-electron chi connectivity index (χ1n) is 10.4. The number of phenols is 1. The van der Waals surface area contributed by atoms with E-state index < -0.39 is 12.2 Å². The number of benzene rings is 2. The molecular formula is C24H23N5O3. The number of imide groups is 1. The number of urea groups is 1. The maximum absolute atomic E-state index is 13.4. The minimum absolute atomic E-state index is 0.114. The van der Waals surface area contributed by atoms with Crippen LogP contribution in [0.3, 0.4) is 0 Å². The van der Waals surface area contributed by atoms with Gasteiger partial charge in [-0.2, -0.15) is 0 Å². The van der Waals surface area contributed by atoms with Gasteiger partial charge in [0.15, 0.2) is 12.2 Å². The van der Waals surface area contributed by atoms with Crippen molar-refractivity contribution in [1.29, 1.82) is 0 Å². The van der Waals surface area contributed by atoms with Gasteiger partial charge < -0.3 is 14.9 Å². The lowest BCUT2D eigenvalue weighted by Crippen LogP contribution is -2.64. The fourth-order valence-electron chi connectivity index (χ4n) is 4.33. The number of nitrogens with zero attached hydrogens (tertiary/aromatic N) is 5. The highest BCUT2D eigenvalue weighted by molar-refractivity contribution is 6.10. The van der Waals surface area contributed by atoms with Crippen molar-refractivity contribution < 1.29 is 14.7 Å². The number of guanidine groups is 1. The Morgan fingerprint density at radius 3 is 2.53 bits per heavy atom. The SMILES string of the molecule is CC1=CN2C(=NC3C2C(=O)N(C/C=C/c2ccccc2)C(=O)N3C)N1c1ccccc1O. The number of likely N-dealkylation sites (N-methyl/N-ethyl adjacent to an activating group) is 1. The quantitative estimate of drug-likeness (QED) is 0.808. The number of aromatic hydroxyl groups is 1. The van der Waals surface area contributed by atoms with Gasteiger partial charge in [-0.25, -0.2) is 9.79 Å². The molecule has 32 heavy (non-hydrogen) atoms. The van der Waals surface area contributed by atoms with Crippen molar-refractivity contribution in [1.82, 2.24) is 14.7 Å². The minimum atomic E-state index is -0.649. The van der Waals surface area contributed by atoms with E-state index in [9.17, 15) is 14.7 Å². The van der Waals surface area contributed by atoms with Crippen molar-refractivity contribution in [3.63, 3.8) is 0 Å². The number of carbonyl (C=O) groups excluding carboxylic acids is 2. The van der Waals surface area contributed by atoms with Crippen molar-refractivity contribution in [2.24, 2.45) is 4.99 Å². The summed E-state index contributed by atoms with van der Waals surface area (Å²) in [5.74, 6) is 0.342. The van der Waals surface area contributed by atoms with Crippen molar-refractivity contribution in [3.05, 3.63) is 78.1 Å². The summed E-state index contributed by atoms with van der Waals surface area (Å²) in [4.78, 5) is 37.4. The van der Waals surface area contributed by atoms with Crippen molar-refractivity contribution in [3.8, 4) is 5.75 Å². The van der Waals surface area contributed by atoms with Crippen LogP contribution in [0.25, 0.3) is 6.08 Å². The van der Waals surface area contributed by atoms with Crippen molar-refractivity contribution >= 4 is 29.7 Å². The van der Waals surface area contributed by atoms with Crippen LogP contribution in [0.15, 0.2) is 77.6 Å². The fraction of sp³-hybridized carbons (Fsp3) is 0.208. The number of hydrogen-bond donors (Lipinski definition) is 1. The number of allylic oxidation sites excluding steroid dienone is 1. The molecule has 8 nitrogen and oxygen atoms in total. The molecule has 2 aromatic rings. The zero-order valence-corrected chi connectivity index (χ0v) is 17.8. The zero-order valence-electron chi connectivity index (χ0n) is 17.8. The molecule has 8 heteroatoms. The second-order valence-corrected chi connectivity index (χ2v) is 7.94. The molecule has 1 saturated heterocycles. The van der Waals surface area contributed by atoms with E-state index in [0.29, 0.717) is 11.6 Å². The molecule has 0 radical (unpaired) electrons. The van der Waals surface area contributed by atoms with Gasteiger partial charge in [0.1, 0.15) is 5.75 Å². The monoisotopic (exact) mass is 429 g/mol. The minimum Gasteiger partial charge on any atom is -0.506 e. The van der Waals surface area contributed by atoms with Crippen LogP contribution in [0.2, 0.25) is 0 Å². The molecule has 2 unspecified atom stereocenters. The number of carbonyl (C=O) groups is 2. The normalized spacial score (nSPS) is 22.4. The Morgan fingerprint density at radius 2 is 1.78 bits per heavy atom. The van der Waals surface area contributed by atoms with Gasteiger partial charge in [0.05, 0.1) is 5.69 Å². The van der Waals surface area contributed by atoms with Crippen LogP contribution in [0.4, 0.5) is 10.5 Å². The van der Waals surface area contributed by atoms with E-state index in [4.69, 9.17) is 4.99 Å². The van der Waals surface area contributed by atoms with E-state index in [1.165, 1.54) is 9.80 Å². The fourth-order valence-corrected chi connectivity index (χ4v) is 4.33. The first kappa shape index (κ1) is 19.9. The molecular weight excluding hydrogens is 406 g/mol. The molecule has 3 heterocycles. The number of phenolic OH excluding ortho intramolecular Hbond substituents is 1. The van der Waals surface area contributed by atoms with Gasteiger partial charge in [0.2, 0.25) is 5.96 Å². The lowest BCUT2D eigenvalue weighted by Gasteiger charge is -2.39. The Bertz CT molecular complexity index is 1170. The maximum atomic E-state index is 13.4. The highest BCUT2D eigenvalue weighted by Crippen LogP contribution is 2.39. The molecule has 3 aliphatic rings. The highest BCUT2D eigenvalue weighted by atomic mass is 16.3.